The number of hydrogen-bond acceptors (Lipinski definition) is 7. The van der Waals surface area contributed by atoms with Gasteiger partial charge < -0.3 is 14.3 Å². The highest BCUT2D eigenvalue weighted by Gasteiger charge is 2.23. The number of halogens is 2. The number of aromatic amines is 1. The molecule has 0 saturated carbocycles. The number of aromatic nitrogens is 6. The summed E-state index contributed by atoms with van der Waals surface area (Å²) in [7, 11) is 1.55. The number of nitrogens with one attached hydrogen (secondary N) is 3. The van der Waals surface area contributed by atoms with E-state index in [1.54, 1.807) is 25.2 Å². The van der Waals surface area contributed by atoms with Gasteiger partial charge in [-0.3, -0.25) is 14.9 Å². The molecule has 0 aliphatic heterocycles. The van der Waals surface area contributed by atoms with Crippen molar-refractivity contribution in [1.82, 2.24) is 35.5 Å². The molecule has 0 saturated heterocycles. The van der Waals surface area contributed by atoms with Crippen LogP contribution in [0.2, 0.25) is 5.15 Å². The molecule has 0 aliphatic rings. The second-order valence-electron chi connectivity index (χ2n) is 8.01. The number of fused-ring (bicyclic) bond motifs is 1. The van der Waals surface area contributed by atoms with Crippen molar-refractivity contribution in [2.45, 2.75) is 19.9 Å². The molecule has 3 heterocycles. The van der Waals surface area contributed by atoms with Crippen molar-refractivity contribution in [3.8, 4) is 11.3 Å². The molecule has 11 nitrogen and oxygen atoms in total. The van der Waals surface area contributed by atoms with E-state index in [1.807, 2.05) is 35.8 Å². The zero-order chi connectivity index (χ0) is 26.1. The van der Waals surface area contributed by atoms with Gasteiger partial charge in [-0.2, -0.15) is 0 Å². The van der Waals surface area contributed by atoms with Crippen LogP contribution in [0.4, 0.5) is 5.95 Å². The van der Waals surface area contributed by atoms with Crippen molar-refractivity contribution in [3.05, 3.63) is 74.7 Å². The lowest BCUT2D eigenvalue weighted by Gasteiger charge is -2.11. The minimum atomic E-state index is -0.395. The summed E-state index contributed by atoms with van der Waals surface area (Å²) in [5, 5.41) is 19.4. The second kappa shape index (κ2) is 10.1. The van der Waals surface area contributed by atoms with Crippen LogP contribution in [0.25, 0.3) is 22.3 Å². The van der Waals surface area contributed by atoms with Gasteiger partial charge in [-0.25, -0.2) is 10.1 Å². The molecule has 5 aromatic rings. The van der Waals surface area contributed by atoms with Gasteiger partial charge in [0.25, 0.3) is 11.8 Å². The van der Waals surface area contributed by atoms with E-state index in [0.717, 1.165) is 10.9 Å². The molecule has 37 heavy (non-hydrogen) atoms. The van der Waals surface area contributed by atoms with Gasteiger partial charge in [0, 0.05) is 31.0 Å². The number of imidazole rings is 1. The predicted octanol–water partition coefficient (Wildman–Crippen LogP) is 4.45. The van der Waals surface area contributed by atoms with Crippen LogP contribution in [0.3, 0.4) is 0 Å². The first-order valence-electron chi connectivity index (χ1n) is 11.2. The van der Waals surface area contributed by atoms with Gasteiger partial charge in [0.15, 0.2) is 5.15 Å². The molecular weight excluding hydrogens is 564 g/mol. The van der Waals surface area contributed by atoms with E-state index in [0.29, 0.717) is 51.4 Å². The molecule has 0 spiro atoms. The quantitative estimate of drug-likeness (QED) is 0.257. The van der Waals surface area contributed by atoms with E-state index >= 15 is 0 Å². The van der Waals surface area contributed by atoms with E-state index < -0.39 is 5.91 Å². The van der Waals surface area contributed by atoms with Crippen LogP contribution in [0.5, 0.6) is 0 Å². The largest absolute Gasteiger partial charge is 0.455 e. The Morgan fingerprint density at radius 3 is 2.73 bits per heavy atom. The zero-order valence-corrected chi connectivity index (χ0v) is 22.0. The van der Waals surface area contributed by atoms with Crippen molar-refractivity contribution in [2.75, 3.05) is 12.4 Å². The number of furan rings is 1. The van der Waals surface area contributed by atoms with Gasteiger partial charge >= 0.3 is 0 Å². The van der Waals surface area contributed by atoms with E-state index in [1.165, 1.54) is 0 Å². The number of carbonyl (C=O) groups excluding carboxylic acids is 2. The highest BCUT2D eigenvalue weighted by Crippen LogP contribution is 2.39. The molecular formula is C24H20BrClN8O3. The predicted molar refractivity (Wildman–Crippen MR) is 141 cm³/mol. The fourth-order valence-electron chi connectivity index (χ4n) is 4.08. The molecule has 5 rings (SSSR count). The van der Waals surface area contributed by atoms with E-state index in [-0.39, 0.29) is 17.0 Å². The zero-order valence-electron chi connectivity index (χ0n) is 19.7. The van der Waals surface area contributed by atoms with Gasteiger partial charge in [0.2, 0.25) is 5.95 Å². The first-order chi connectivity index (χ1) is 17.9. The standard InChI is InChI=1S/C24H20BrClN8O3/c1-3-17-28-21(26)19(23(36)27-2)34(17)11-12-8-9-16-15(10-12)18(25)20(37-16)13-6-4-5-7-14(13)22(35)29-24-30-32-33-31-24/h4-10H,3,11H2,1-2H3,(H,27,36)(H2,29,30,31,32,33,35). The average molecular weight is 584 g/mol. The van der Waals surface area contributed by atoms with Crippen LogP contribution < -0.4 is 10.6 Å². The summed E-state index contributed by atoms with van der Waals surface area (Å²) >= 11 is 9.95. The maximum Gasteiger partial charge on any atom is 0.270 e. The number of rotatable bonds is 7. The van der Waals surface area contributed by atoms with Crippen molar-refractivity contribution >= 4 is 56.3 Å². The number of H-pyrrole nitrogens is 1. The lowest BCUT2D eigenvalue weighted by Crippen LogP contribution is -2.23. The van der Waals surface area contributed by atoms with Crippen LogP contribution in [-0.4, -0.2) is 49.0 Å². The molecule has 2 aromatic carbocycles. The second-order valence-corrected chi connectivity index (χ2v) is 9.16. The Bertz CT molecular complexity index is 1630. The lowest BCUT2D eigenvalue weighted by molar-refractivity contribution is 0.0953. The summed E-state index contributed by atoms with van der Waals surface area (Å²) in [6.45, 7) is 2.34. The SMILES string of the molecule is CCc1nc(Cl)c(C(=O)NC)n1Cc1ccc2oc(-c3ccccc3C(=O)Nc3nnn[nH]3)c(Br)c2c1. The molecule has 0 atom stereocenters. The third-order valence-corrected chi connectivity index (χ3v) is 6.84. The molecule has 188 valence electrons. The summed E-state index contributed by atoms with van der Waals surface area (Å²) < 4.78 is 8.67. The van der Waals surface area contributed by atoms with E-state index in [2.05, 4.69) is 52.2 Å². The van der Waals surface area contributed by atoms with Crippen LogP contribution in [-0.2, 0) is 13.0 Å². The van der Waals surface area contributed by atoms with Gasteiger partial charge in [0.1, 0.15) is 22.9 Å². The molecule has 3 N–H and O–H groups in total. The lowest BCUT2D eigenvalue weighted by atomic mass is 10.0. The molecule has 13 heteroatoms. The number of aryl methyl sites for hydroxylation is 1. The highest BCUT2D eigenvalue weighted by atomic mass is 79.9. The molecule has 0 unspecified atom stereocenters. The van der Waals surface area contributed by atoms with Gasteiger partial charge in [-0.1, -0.05) is 47.9 Å². The summed E-state index contributed by atoms with van der Waals surface area (Å²) in [5.41, 5.74) is 2.84. The fraction of sp³-hybridized carbons (Fsp3) is 0.167. The van der Waals surface area contributed by atoms with Crippen LogP contribution >= 0.6 is 27.5 Å². The Kier molecular flexibility index (Phi) is 6.76. The molecule has 0 radical (unpaired) electrons. The van der Waals surface area contributed by atoms with Crippen molar-refractivity contribution in [1.29, 1.82) is 0 Å². The normalized spacial score (nSPS) is 11.1. The smallest absolute Gasteiger partial charge is 0.270 e. The topological polar surface area (TPSA) is 144 Å². The van der Waals surface area contributed by atoms with Crippen molar-refractivity contribution in [2.24, 2.45) is 0 Å². The molecule has 0 bridgehead atoms. The van der Waals surface area contributed by atoms with Crippen LogP contribution in [0.1, 0.15) is 39.2 Å². The maximum atomic E-state index is 12.9. The number of tetrazole rings is 1. The average Bonchev–Trinajstić information content (AvgIpc) is 3.62. The van der Waals surface area contributed by atoms with Crippen LogP contribution in [0, 0.1) is 0 Å². The Labute approximate surface area is 223 Å². The first kappa shape index (κ1) is 24.7. The minimum Gasteiger partial charge on any atom is -0.455 e. The van der Waals surface area contributed by atoms with Gasteiger partial charge in [0.05, 0.1) is 10.0 Å². The summed E-state index contributed by atoms with van der Waals surface area (Å²) in [4.78, 5) is 29.8. The minimum absolute atomic E-state index is 0.135. The highest BCUT2D eigenvalue weighted by molar-refractivity contribution is 9.10. The Morgan fingerprint density at radius 2 is 2.00 bits per heavy atom. The maximum absolute atomic E-state index is 12.9. The summed E-state index contributed by atoms with van der Waals surface area (Å²) in [6.07, 6.45) is 0.613. The number of carbonyl (C=O) groups is 2. The Hall–Kier alpha value is -4.03. The Balaban J connectivity index is 1.53. The van der Waals surface area contributed by atoms with Crippen LogP contribution in [0.15, 0.2) is 51.4 Å². The first-order valence-corrected chi connectivity index (χ1v) is 12.4. The Morgan fingerprint density at radius 1 is 1.19 bits per heavy atom. The summed E-state index contributed by atoms with van der Waals surface area (Å²) in [5.74, 6) is 0.640. The third kappa shape index (κ3) is 4.60. The van der Waals surface area contributed by atoms with Crippen molar-refractivity contribution in [3.63, 3.8) is 0 Å². The molecule has 0 fully saturated rings. The number of amides is 2. The monoisotopic (exact) mass is 582 g/mol. The summed E-state index contributed by atoms with van der Waals surface area (Å²) in [6, 6.07) is 12.8. The molecule has 0 aliphatic carbocycles. The fourth-order valence-corrected chi connectivity index (χ4v) is 4.97. The van der Waals surface area contributed by atoms with E-state index in [9.17, 15) is 9.59 Å². The van der Waals surface area contributed by atoms with Gasteiger partial charge in [-0.15, -0.1) is 0 Å². The molecule has 3 aromatic heterocycles. The van der Waals surface area contributed by atoms with Crippen molar-refractivity contribution < 1.29 is 14.0 Å². The molecule has 2 amide bonds. The number of hydrogen-bond donors (Lipinski definition) is 3. The number of anilines is 1. The number of nitrogens with zero attached hydrogens (tertiary/aromatic N) is 5. The third-order valence-electron chi connectivity index (χ3n) is 5.79. The number of benzene rings is 2. The van der Waals surface area contributed by atoms with Gasteiger partial charge in [-0.05, 0) is 50.1 Å². The van der Waals surface area contributed by atoms with E-state index in [4.69, 9.17) is 16.0 Å².